The summed E-state index contributed by atoms with van der Waals surface area (Å²) in [6.07, 6.45) is -3.83. The molecule has 170 valence electrons. The van der Waals surface area contributed by atoms with Crippen LogP contribution in [0.1, 0.15) is 26.2 Å². The van der Waals surface area contributed by atoms with E-state index in [9.17, 15) is 26.4 Å². The van der Waals surface area contributed by atoms with E-state index in [0.717, 1.165) is 19.3 Å². The Morgan fingerprint density at radius 3 is 2.65 bits per heavy atom. The van der Waals surface area contributed by atoms with Gasteiger partial charge in [-0.15, -0.1) is 0 Å². The number of rotatable bonds is 8. The standard InChI is InChI=1S/C21H25F3N2O4S/c1-2-16-9-6-12-26(16)14-17(30-20(27)21(22,23)24)13-25-31(28,29)19-11-5-8-15-7-3-4-10-18(15)19/h3-5,7-8,10-11,16-17,25H,2,6,9,12-14H2,1H3/t16?,17-/m0/s1. The molecule has 6 nitrogen and oxygen atoms in total. The quantitative estimate of drug-likeness (QED) is 0.613. The predicted octanol–water partition coefficient (Wildman–Crippen LogP) is 3.47. The maximum Gasteiger partial charge on any atom is 0.490 e. The van der Waals surface area contributed by atoms with E-state index in [-0.39, 0.29) is 17.5 Å². The van der Waals surface area contributed by atoms with Crippen LogP contribution in [-0.4, -0.2) is 57.2 Å². The SMILES string of the molecule is CCC1CCCN1C[C@H](CNS(=O)(=O)c1cccc2ccccc12)OC(=O)C(F)(F)F. The lowest BCUT2D eigenvalue weighted by molar-refractivity contribution is -0.205. The molecule has 1 aliphatic heterocycles. The van der Waals surface area contributed by atoms with Crippen LogP contribution in [0.15, 0.2) is 47.4 Å². The number of nitrogens with zero attached hydrogens (tertiary/aromatic N) is 1. The van der Waals surface area contributed by atoms with Crippen molar-refractivity contribution in [3.63, 3.8) is 0 Å². The Bertz CT molecular complexity index is 1020. The monoisotopic (exact) mass is 458 g/mol. The molecule has 0 saturated carbocycles. The summed E-state index contributed by atoms with van der Waals surface area (Å²) in [4.78, 5) is 13.4. The second kappa shape index (κ2) is 9.54. The Morgan fingerprint density at radius 1 is 1.23 bits per heavy atom. The summed E-state index contributed by atoms with van der Waals surface area (Å²) in [5.74, 6) is -2.32. The number of ether oxygens (including phenoxy) is 1. The van der Waals surface area contributed by atoms with Crippen LogP contribution in [0, 0.1) is 0 Å². The van der Waals surface area contributed by atoms with Crippen molar-refractivity contribution < 1.29 is 31.1 Å². The van der Waals surface area contributed by atoms with E-state index in [1.54, 1.807) is 36.4 Å². The number of likely N-dealkylation sites (tertiary alicyclic amines) is 1. The van der Waals surface area contributed by atoms with Crippen LogP contribution in [0.4, 0.5) is 13.2 Å². The fourth-order valence-electron chi connectivity index (χ4n) is 3.93. The Hall–Kier alpha value is -2.17. The zero-order valence-corrected chi connectivity index (χ0v) is 17.9. The van der Waals surface area contributed by atoms with Gasteiger partial charge in [-0.25, -0.2) is 17.9 Å². The van der Waals surface area contributed by atoms with Crippen molar-refractivity contribution in [3.8, 4) is 0 Å². The Labute approximate surface area is 179 Å². The predicted molar refractivity (Wildman–Crippen MR) is 110 cm³/mol. The normalized spacial score (nSPS) is 18.9. The highest BCUT2D eigenvalue weighted by molar-refractivity contribution is 7.89. The van der Waals surface area contributed by atoms with Gasteiger partial charge in [0, 0.05) is 24.5 Å². The molecule has 31 heavy (non-hydrogen) atoms. The van der Waals surface area contributed by atoms with Crippen LogP contribution in [-0.2, 0) is 19.6 Å². The average Bonchev–Trinajstić information content (AvgIpc) is 3.18. The maximum absolute atomic E-state index is 12.9. The highest BCUT2D eigenvalue weighted by Gasteiger charge is 2.43. The molecule has 0 aliphatic carbocycles. The van der Waals surface area contributed by atoms with Crippen molar-refractivity contribution in [3.05, 3.63) is 42.5 Å². The van der Waals surface area contributed by atoms with E-state index < -0.39 is 34.8 Å². The molecule has 0 radical (unpaired) electrons. The van der Waals surface area contributed by atoms with Crippen LogP contribution in [0.2, 0.25) is 0 Å². The van der Waals surface area contributed by atoms with Gasteiger partial charge < -0.3 is 4.74 Å². The summed E-state index contributed by atoms with van der Waals surface area (Å²) in [5, 5.41) is 1.21. The second-order valence-corrected chi connectivity index (χ2v) is 9.29. The lowest BCUT2D eigenvalue weighted by Crippen LogP contribution is -2.45. The van der Waals surface area contributed by atoms with E-state index in [1.165, 1.54) is 6.07 Å². The Kier molecular flexibility index (Phi) is 7.23. The van der Waals surface area contributed by atoms with Gasteiger partial charge in [0.25, 0.3) is 0 Å². The number of esters is 1. The molecular formula is C21H25F3N2O4S. The molecule has 1 N–H and O–H groups in total. The Balaban J connectivity index is 1.78. The molecule has 1 heterocycles. The minimum Gasteiger partial charge on any atom is -0.453 e. The summed E-state index contributed by atoms with van der Waals surface area (Å²) in [6.45, 7) is 2.20. The summed E-state index contributed by atoms with van der Waals surface area (Å²) >= 11 is 0. The number of sulfonamides is 1. The van der Waals surface area contributed by atoms with Crippen LogP contribution in [0.3, 0.4) is 0 Å². The number of carbonyl (C=O) groups is 1. The number of fused-ring (bicyclic) bond motifs is 1. The fraction of sp³-hybridized carbons (Fsp3) is 0.476. The van der Waals surface area contributed by atoms with Crippen LogP contribution >= 0.6 is 0 Å². The zero-order valence-electron chi connectivity index (χ0n) is 17.1. The molecule has 1 aliphatic rings. The van der Waals surface area contributed by atoms with Gasteiger partial charge in [0.1, 0.15) is 6.10 Å². The highest BCUT2D eigenvalue weighted by Crippen LogP contribution is 2.24. The van der Waals surface area contributed by atoms with E-state index in [0.29, 0.717) is 17.3 Å². The smallest absolute Gasteiger partial charge is 0.453 e. The van der Waals surface area contributed by atoms with Crippen LogP contribution in [0.25, 0.3) is 10.8 Å². The van der Waals surface area contributed by atoms with Gasteiger partial charge in [0.05, 0.1) is 4.90 Å². The summed E-state index contributed by atoms with van der Waals surface area (Å²) in [7, 11) is -4.05. The summed E-state index contributed by atoms with van der Waals surface area (Å²) in [6, 6.07) is 11.8. The van der Waals surface area contributed by atoms with Crippen molar-refractivity contribution in [1.29, 1.82) is 0 Å². The average molecular weight is 459 g/mol. The minimum atomic E-state index is -5.15. The topological polar surface area (TPSA) is 75.7 Å². The third kappa shape index (κ3) is 5.75. The van der Waals surface area contributed by atoms with Gasteiger partial charge in [-0.05, 0) is 37.3 Å². The van der Waals surface area contributed by atoms with Crippen LogP contribution in [0.5, 0.6) is 0 Å². The molecule has 2 aromatic carbocycles. The molecule has 2 aromatic rings. The van der Waals surface area contributed by atoms with Gasteiger partial charge in [-0.2, -0.15) is 13.2 Å². The third-order valence-corrected chi connectivity index (χ3v) is 6.94. The molecule has 0 aromatic heterocycles. The van der Waals surface area contributed by atoms with Gasteiger partial charge in [-0.1, -0.05) is 43.3 Å². The minimum absolute atomic E-state index is 0.0131. The number of hydrogen-bond donors (Lipinski definition) is 1. The maximum atomic E-state index is 12.9. The molecule has 0 amide bonds. The van der Waals surface area contributed by atoms with E-state index >= 15 is 0 Å². The van der Waals surface area contributed by atoms with Gasteiger partial charge in [-0.3, -0.25) is 4.90 Å². The fourth-order valence-corrected chi connectivity index (χ4v) is 5.23. The van der Waals surface area contributed by atoms with Crippen LogP contribution < -0.4 is 4.72 Å². The number of benzene rings is 2. The first-order valence-electron chi connectivity index (χ1n) is 10.1. The molecule has 3 rings (SSSR count). The number of hydrogen-bond acceptors (Lipinski definition) is 5. The van der Waals surface area contributed by atoms with E-state index in [4.69, 9.17) is 0 Å². The molecular weight excluding hydrogens is 433 g/mol. The molecule has 0 spiro atoms. The molecule has 1 saturated heterocycles. The first-order valence-corrected chi connectivity index (χ1v) is 11.6. The molecule has 10 heteroatoms. The molecule has 1 unspecified atom stereocenters. The number of nitrogens with one attached hydrogen (secondary N) is 1. The number of carbonyl (C=O) groups excluding carboxylic acids is 1. The second-order valence-electron chi connectivity index (χ2n) is 7.55. The van der Waals surface area contributed by atoms with E-state index in [1.807, 2.05) is 11.8 Å². The number of alkyl halides is 3. The first kappa shape index (κ1) is 23.5. The van der Waals surface area contributed by atoms with Crippen molar-refractivity contribution >= 4 is 26.8 Å². The van der Waals surface area contributed by atoms with Crippen molar-refractivity contribution in [2.45, 2.75) is 49.4 Å². The van der Waals surface area contributed by atoms with Gasteiger partial charge in [0.2, 0.25) is 10.0 Å². The van der Waals surface area contributed by atoms with E-state index in [2.05, 4.69) is 9.46 Å². The van der Waals surface area contributed by atoms with Crippen molar-refractivity contribution in [2.24, 2.45) is 0 Å². The molecule has 2 atom stereocenters. The number of halogens is 3. The summed E-state index contributed by atoms with van der Waals surface area (Å²) < 4.78 is 71.1. The summed E-state index contributed by atoms with van der Waals surface area (Å²) in [5.41, 5.74) is 0. The largest absolute Gasteiger partial charge is 0.490 e. The van der Waals surface area contributed by atoms with Crippen molar-refractivity contribution in [2.75, 3.05) is 19.6 Å². The Morgan fingerprint density at radius 2 is 1.94 bits per heavy atom. The third-order valence-electron chi connectivity index (χ3n) is 5.45. The van der Waals surface area contributed by atoms with Gasteiger partial charge >= 0.3 is 12.1 Å². The highest BCUT2D eigenvalue weighted by atomic mass is 32.2. The first-order chi connectivity index (χ1) is 14.6. The van der Waals surface area contributed by atoms with Gasteiger partial charge in [0.15, 0.2) is 0 Å². The molecule has 1 fully saturated rings. The lowest BCUT2D eigenvalue weighted by atomic mass is 10.1. The zero-order chi connectivity index (χ0) is 22.6. The van der Waals surface area contributed by atoms with Crippen molar-refractivity contribution in [1.82, 2.24) is 9.62 Å². The lowest BCUT2D eigenvalue weighted by Gasteiger charge is -2.28. The molecule has 0 bridgehead atoms.